The van der Waals surface area contributed by atoms with Gasteiger partial charge in [0.15, 0.2) is 0 Å². The van der Waals surface area contributed by atoms with Gasteiger partial charge in [0, 0.05) is 49.8 Å². The number of rotatable bonds is 5. The predicted octanol–water partition coefficient (Wildman–Crippen LogP) is 2.00. The van der Waals surface area contributed by atoms with E-state index in [-0.39, 0.29) is 30.3 Å². The molecule has 3 atom stereocenters. The monoisotopic (exact) mass is 468 g/mol. The summed E-state index contributed by atoms with van der Waals surface area (Å²) in [5, 5.41) is 2.29. The van der Waals surface area contributed by atoms with Gasteiger partial charge in [0.05, 0.1) is 5.92 Å². The number of amides is 3. The van der Waals surface area contributed by atoms with Crippen LogP contribution in [0, 0.1) is 5.92 Å². The van der Waals surface area contributed by atoms with E-state index in [1.54, 1.807) is 24.3 Å². The molecule has 3 heterocycles. The number of nitrogens with one attached hydrogen (secondary N) is 1. The molecule has 34 heavy (non-hydrogen) atoms. The van der Waals surface area contributed by atoms with Crippen molar-refractivity contribution in [2.24, 2.45) is 11.7 Å². The van der Waals surface area contributed by atoms with Gasteiger partial charge in [-0.05, 0) is 23.6 Å². The fraction of sp³-hybridized carbons (Fsp3) is 0.400. The molecule has 7 nitrogen and oxygen atoms in total. The summed E-state index contributed by atoms with van der Waals surface area (Å²) in [5.41, 5.74) is 8.25. The maximum Gasteiger partial charge on any atom is 0.278 e. The van der Waals surface area contributed by atoms with Crippen LogP contribution in [-0.2, 0) is 28.6 Å². The maximum absolute atomic E-state index is 15.1. The van der Waals surface area contributed by atoms with Crippen molar-refractivity contribution in [1.29, 1.82) is 0 Å². The van der Waals surface area contributed by atoms with Crippen LogP contribution in [0.5, 0.6) is 0 Å². The average molecular weight is 469 g/mol. The standard InChI is InChI=1S/C25H26F2N4O3/c26-25(27,17-4-2-1-3-5-17)19-13-30(14-20(19)28)11-15-6-7-16-12-31(24(34)18(16)10-15)21-8-9-22(32)29-23(21)33/h1-7,10,19-21H,8-9,11-14,28H2,(H,29,32,33)/t19-,20-,21?/m1/s1. The lowest BCUT2D eigenvalue weighted by Gasteiger charge is -2.29. The van der Waals surface area contributed by atoms with Crippen molar-refractivity contribution in [2.45, 2.75) is 43.9 Å². The molecule has 3 aliphatic heterocycles. The number of piperidine rings is 1. The molecule has 3 aliphatic rings. The molecule has 0 bridgehead atoms. The summed E-state index contributed by atoms with van der Waals surface area (Å²) < 4.78 is 30.2. The second-order valence-electron chi connectivity index (χ2n) is 9.34. The molecular weight excluding hydrogens is 442 g/mol. The van der Waals surface area contributed by atoms with Gasteiger partial charge in [-0.1, -0.05) is 42.5 Å². The van der Waals surface area contributed by atoms with E-state index in [9.17, 15) is 14.4 Å². The van der Waals surface area contributed by atoms with Crippen molar-refractivity contribution in [3.63, 3.8) is 0 Å². The number of nitrogens with zero attached hydrogens (tertiary/aromatic N) is 2. The van der Waals surface area contributed by atoms with Crippen molar-refractivity contribution in [3.8, 4) is 0 Å². The van der Waals surface area contributed by atoms with Gasteiger partial charge < -0.3 is 10.6 Å². The van der Waals surface area contributed by atoms with E-state index in [2.05, 4.69) is 5.32 Å². The molecule has 0 saturated carbocycles. The van der Waals surface area contributed by atoms with Gasteiger partial charge in [-0.3, -0.25) is 24.6 Å². The predicted molar refractivity (Wildman–Crippen MR) is 120 cm³/mol. The number of halogens is 2. The first kappa shape index (κ1) is 22.6. The summed E-state index contributed by atoms with van der Waals surface area (Å²) in [6.07, 6.45) is 0.506. The van der Waals surface area contributed by atoms with E-state index in [4.69, 9.17) is 5.73 Å². The fourth-order valence-electron chi connectivity index (χ4n) is 5.26. The van der Waals surface area contributed by atoms with Crippen LogP contribution in [0.1, 0.15) is 39.9 Å². The lowest BCUT2D eigenvalue weighted by molar-refractivity contribution is -0.136. The van der Waals surface area contributed by atoms with Crippen LogP contribution in [0.3, 0.4) is 0 Å². The van der Waals surface area contributed by atoms with Gasteiger partial charge in [-0.2, -0.15) is 0 Å². The van der Waals surface area contributed by atoms with E-state index >= 15 is 8.78 Å². The highest BCUT2D eigenvalue weighted by Crippen LogP contribution is 2.40. The molecule has 0 radical (unpaired) electrons. The molecule has 1 unspecified atom stereocenters. The third-order valence-electron chi connectivity index (χ3n) is 7.06. The van der Waals surface area contributed by atoms with Crippen LogP contribution in [0.25, 0.3) is 0 Å². The van der Waals surface area contributed by atoms with Gasteiger partial charge in [-0.25, -0.2) is 8.78 Å². The summed E-state index contributed by atoms with van der Waals surface area (Å²) in [6, 6.07) is 11.9. The third-order valence-corrected chi connectivity index (χ3v) is 7.06. The minimum atomic E-state index is -3.04. The van der Waals surface area contributed by atoms with Gasteiger partial charge in [0.2, 0.25) is 11.8 Å². The van der Waals surface area contributed by atoms with Crippen molar-refractivity contribution >= 4 is 17.7 Å². The molecule has 9 heteroatoms. The Hall–Kier alpha value is -3.17. The molecule has 2 fully saturated rings. The van der Waals surface area contributed by atoms with Crippen LogP contribution in [-0.4, -0.2) is 52.7 Å². The molecule has 5 rings (SSSR count). The first-order valence-corrected chi connectivity index (χ1v) is 11.4. The molecule has 2 saturated heterocycles. The second-order valence-corrected chi connectivity index (χ2v) is 9.34. The lowest BCUT2D eigenvalue weighted by Crippen LogP contribution is -2.52. The minimum absolute atomic E-state index is 0.0334. The summed E-state index contributed by atoms with van der Waals surface area (Å²) >= 11 is 0. The largest absolute Gasteiger partial charge is 0.326 e. The Balaban J connectivity index is 1.28. The van der Waals surface area contributed by atoms with Crippen molar-refractivity contribution in [2.75, 3.05) is 13.1 Å². The summed E-state index contributed by atoms with van der Waals surface area (Å²) in [6.45, 7) is 1.19. The Morgan fingerprint density at radius 2 is 1.82 bits per heavy atom. The number of benzene rings is 2. The average Bonchev–Trinajstić information content (AvgIpc) is 3.34. The van der Waals surface area contributed by atoms with Crippen LogP contribution >= 0.6 is 0 Å². The summed E-state index contributed by atoms with van der Waals surface area (Å²) in [4.78, 5) is 40.1. The molecule has 2 aromatic carbocycles. The second kappa shape index (κ2) is 8.56. The molecule has 0 spiro atoms. The normalized spacial score (nSPS) is 25.6. The SMILES string of the molecule is N[C@@H]1CN(Cc2ccc3c(c2)C(=O)N(C2CCC(=O)NC2=O)C3)C[C@H]1C(F)(F)c1ccccc1. The first-order valence-electron chi connectivity index (χ1n) is 11.4. The van der Waals surface area contributed by atoms with Crippen LogP contribution in [0.2, 0.25) is 0 Å². The number of fused-ring (bicyclic) bond motifs is 1. The smallest absolute Gasteiger partial charge is 0.278 e. The van der Waals surface area contributed by atoms with E-state index < -0.39 is 29.8 Å². The van der Waals surface area contributed by atoms with Gasteiger partial charge in [-0.15, -0.1) is 0 Å². The number of likely N-dealkylation sites (tertiary alicyclic amines) is 1. The highest BCUT2D eigenvalue weighted by atomic mass is 19.3. The highest BCUT2D eigenvalue weighted by molar-refractivity contribution is 6.05. The van der Waals surface area contributed by atoms with Gasteiger partial charge >= 0.3 is 0 Å². The molecule has 3 amide bonds. The Morgan fingerprint density at radius 3 is 2.56 bits per heavy atom. The van der Waals surface area contributed by atoms with E-state index in [1.807, 2.05) is 17.0 Å². The highest BCUT2D eigenvalue weighted by Gasteiger charge is 2.49. The third kappa shape index (κ3) is 3.99. The number of hydrogen-bond acceptors (Lipinski definition) is 5. The molecular formula is C25H26F2N4O3. The minimum Gasteiger partial charge on any atom is -0.326 e. The quantitative estimate of drug-likeness (QED) is 0.655. The summed E-state index contributed by atoms with van der Waals surface area (Å²) in [7, 11) is 0. The number of nitrogens with two attached hydrogens (primary N) is 1. The van der Waals surface area contributed by atoms with E-state index in [0.29, 0.717) is 31.6 Å². The zero-order valence-corrected chi connectivity index (χ0v) is 18.5. The zero-order chi connectivity index (χ0) is 24.0. The van der Waals surface area contributed by atoms with Crippen LogP contribution < -0.4 is 11.1 Å². The summed E-state index contributed by atoms with van der Waals surface area (Å²) in [5.74, 6) is -5.07. The zero-order valence-electron chi connectivity index (χ0n) is 18.5. The van der Waals surface area contributed by atoms with E-state index in [1.165, 1.54) is 17.0 Å². The van der Waals surface area contributed by atoms with Gasteiger partial charge in [0.25, 0.3) is 11.8 Å². The number of carbonyl (C=O) groups is 3. The lowest BCUT2D eigenvalue weighted by atomic mass is 9.91. The first-order chi connectivity index (χ1) is 16.2. The number of carbonyl (C=O) groups excluding carboxylic acids is 3. The van der Waals surface area contributed by atoms with Crippen molar-refractivity contribution in [1.82, 2.24) is 15.1 Å². The fourth-order valence-corrected chi connectivity index (χ4v) is 5.26. The molecule has 0 aliphatic carbocycles. The number of hydrogen-bond donors (Lipinski definition) is 2. The van der Waals surface area contributed by atoms with E-state index in [0.717, 1.165) is 11.1 Å². The Labute approximate surface area is 195 Å². The van der Waals surface area contributed by atoms with Crippen molar-refractivity contribution in [3.05, 3.63) is 70.8 Å². The Bertz CT molecular complexity index is 1140. The Morgan fingerprint density at radius 1 is 1.06 bits per heavy atom. The molecule has 2 aromatic rings. The number of alkyl halides is 2. The molecule has 178 valence electrons. The maximum atomic E-state index is 15.1. The van der Waals surface area contributed by atoms with Crippen LogP contribution in [0.4, 0.5) is 8.78 Å². The number of imide groups is 1. The Kier molecular flexibility index (Phi) is 5.69. The molecule has 0 aromatic heterocycles. The van der Waals surface area contributed by atoms with Gasteiger partial charge in [0.1, 0.15) is 6.04 Å². The molecule has 3 N–H and O–H groups in total. The topological polar surface area (TPSA) is 95.7 Å². The van der Waals surface area contributed by atoms with Crippen LogP contribution in [0.15, 0.2) is 48.5 Å². The van der Waals surface area contributed by atoms with Crippen molar-refractivity contribution < 1.29 is 23.2 Å².